The summed E-state index contributed by atoms with van der Waals surface area (Å²) in [5.74, 6) is -0.800. The van der Waals surface area contributed by atoms with Gasteiger partial charge in [0.25, 0.3) is 0 Å². The number of thioether (sulfide) groups is 1. The first-order valence-electron chi connectivity index (χ1n) is 6.52. The van der Waals surface area contributed by atoms with E-state index >= 15 is 0 Å². The number of hydrogen-bond acceptors (Lipinski definition) is 3. The number of aromatic nitrogens is 2. The van der Waals surface area contributed by atoms with Gasteiger partial charge >= 0.3 is 5.97 Å². The second-order valence-electron chi connectivity index (χ2n) is 6.15. The molecule has 0 saturated heterocycles. The van der Waals surface area contributed by atoms with Crippen molar-refractivity contribution in [2.24, 2.45) is 12.5 Å². The van der Waals surface area contributed by atoms with E-state index in [1.165, 1.54) is 11.8 Å². The lowest BCUT2D eigenvalue weighted by Gasteiger charge is -2.25. The van der Waals surface area contributed by atoms with Gasteiger partial charge in [-0.1, -0.05) is 38.6 Å². The van der Waals surface area contributed by atoms with Crippen molar-refractivity contribution in [3.63, 3.8) is 0 Å². The van der Waals surface area contributed by atoms with Crippen LogP contribution in [0, 0.1) is 12.3 Å². The number of benzene rings is 1. The highest BCUT2D eigenvalue weighted by molar-refractivity contribution is 8.00. The van der Waals surface area contributed by atoms with Gasteiger partial charge in [0.05, 0.1) is 11.0 Å². The van der Waals surface area contributed by atoms with Gasteiger partial charge in [-0.05, 0) is 30.0 Å². The maximum absolute atomic E-state index is 11.5. The van der Waals surface area contributed by atoms with Crippen LogP contribution < -0.4 is 0 Å². The number of carboxylic acids is 1. The molecule has 0 fully saturated rings. The number of nitrogens with zero attached hydrogens (tertiary/aromatic N) is 2. The SMILES string of the molecule is Cc1ccc2c(c1)nc(SC(C(=O)O)C(C)(C)C)n2C. The van der Waals surface area contributed by atoms with Gasteiger partial charge in [-0.3, -0.25) is 4.79 Å². The molecule has 0 aliphatic rings. The number of carbonyl (C=O) groups is 1. The average molecular weight is 292 g/mol. The van der Waals surface area contributed by atoms with Crippen LogP contribution in [0.1, 0.15) is 26.3 Å². The van der Waals surface area contributed by atoms with E-state index in [1.807, 2.05) is 57.5 Å². The molecule has 0 amide bonds. The zero-order valence-electron chi connectivity index (χ0n) is 12.5. The second kappa shape index (κ2) is 5.13. The Kier molecular flexibility index (Phi) is 3.82. The first-order chi connectivity index (χ1) is 9.20. The minimum Gasteiger partial charge on any atom is -0.480 e. The highest BCUT2D eigenvalue weighted by Gasteiger charge is 2.33. The van der Waals surface area contributed by atoms with Crippen LogP contribution in [0.2, 0.25) is 0 Å². The Bertz CT molecular complexity index is 656. The van der Waals surface area contributed by atoms with Crippen molar-refractivity contribution in [3.8, 4) is 0 Å². The summed E-state index contributed by atoms with van der Waals surface area (Å²) in [6.07, 6.45) is 0. The number of rotatable bonds is 3. The van der Waals surface area contributed by atoms with Crippen molar-refractivity contribution in [1.82, 2.24) is 9.55 Å². The van der Waals surface area contributed by atoms with Gasteiger partial charge in [0.15, 0.2) is 5.16 Å². The van der Waals surface area contributed by atoms with Crippen LogP contribution in [-0.2, 0) is 11.8 Å². The number of aliphatic carboxylic acids is 1. The van der Waals surface area contributed by atoms with Gasteiger partial charge in [0.2, 0.25) is 0 Å². The van der Waals surface area contributed by atoms with E-state index in [0.717, 1.165) is 21.8 Å². The van der Waals surface area contributed by atoms with Crippen LogP contribution in [0.4, 0.5) is 0 Å². The zero-order chi connectivity index (χ0) is 15.1. The van der Waals surface area contributed by atoms with E-state index in [1.54, 1.807) is 0 Å². The molecule has 0 spiro atoms. The lowest BCUT2D eigenvalue weighted by Crippen LogP contribution is -2.31. The van der Waals surface area contributed by atoms with E-state index in [-0.39, 0.29) is 5.41 Å². The number of hydrogen-bond donors (Lipinski definition) is 1. The summed E-state index contributed by atoms with van der Waals surface area (Å²) >= 11 is 1.31. The molecule has 2 aromatic rings. The summed E-state index contributed by atoms with van der Waals surface area (Å²) in [6, 6.07) is 6.08. The second-order valence-corrected chi connectivity index (χ2v) is 7.22. The van der Waals surface area contributed by atoms with Crippen LogP contribution in [0.5, 0.6) is 0 Å². The Hall–Kier alpha value is -1.49. The van der Waals surface area contributed by atoms with Crippen molar-refractivity contribution in [2.45, 2.75) is 38.1 Å². The van der Waals surface area contributed by atoms with Crippen LogP contribution >= 0.6 is 11.8 Å². The molecule has 1 aromatic carbocycles. The molecule has 5 heteroatoms. The van der Waals surface area contributed by atoms with Crippen LogP contribution in [0.3, 0.4) is 0 Å². The highest BCUT2D eigenvalue weighted by Crippen LogP contribution is 2.36. The number of imidazole rings is 1. The average Bonchev–Trinajstić information content (AvgIpc) is 2.60. The van der Waals surface area contributed by atoms with Gasteiger partial charge in [0.1, 0.15) is 5.25 Å². The fourth-order valence-electron chi connectivity index (χ4n) is 2.10. The van der Waals surface area contributed by atoms with Crippen molar-refractivity contribution >= 4 is 28.8 Å². The molecular weight excluding hydrogens is 272 g/mol. The molecule has 4 nitrogen and oxygen atoms in total. The Morgan fingerprint density at radius 1 is 1.40 bits per heavy atom. The van der Waals surface area contributed by atoms with Gasteiger partial charge in [-0.25, -0.2) is 4.98 Å². The minimum atomic E-state index is -0.800. The van der Waals surface area contributed by atoms with Crippen molar-refractivity contribution < 1.29 is 9.90 Å². The molecule has 108 valence electrons. The number of fused-ring (bicyclic) bond motifs is 1. The van der Waals surface area contributed by atoms with E-state index in [0.29, 0.717) is 0 Å². The molecule has 0 aliphatic heterocycles. The van der Waals surface area contributed by atoms with E-state index in [2.05, 4.69) is 4.98 Å². The molecule has 1 atom stereocenters. The van der Waals surface area contributed by atoms with Gasteiger partial charge in [-0.2, -0.15) is 0 Å². The maximum atomic E-state index is 11.5. The summed E-state index contributed by atoms with van der Waals surface area (Å²) < 4.78 is 1.96. The summed E-state index contributed by atoms with van der Waals surface area (Å²) in [7, 11) is 1.93. The minimum absolute atomic E-state index is 0.329. The first kappa shape index (κ1) is 14.9. The molecule has 0 aliphatic carbocycles. The quantitative estimate of drug-likeness (QED) is 0.880. The molecule has 1 N–H and O–H groups in total. The molecule has 0 radical (unpaired) electrons. The molecule has 0 saturated carbocycles. The predicted molar refractivity (Wildman–Crippen MR) is 82.2 cm³/mol. The lowest BCUT2D eigenvalue weighted by molar-refractivity contribution is -0.138. The van der Waals surface area contributed by atoms with Crippen molar-refractivity contribution in [3.05, 3.63) is 23.8 Å². The van der Waals surface area contributed by atoms with E-state index < -0.39 is 11.2 Å². The van der Waals surface area contributed by atoms with Crippen molar-refractivity contribution in [1.29, 1.82) is 0 Å². The molecule has 1 unspecified atom stereocenters. The molecule has 20 heavy (non-hydrogen) atoms. The first-order valence-corrected chi connectivity index (χ1v) is 7.40. The van der Waals surface area contributed by atoms with Crippen LogP contribution in [0.25, 0.3) is 11.0 Å². The van der Waals surface area contributed by atoms with Gasteiger partial charge in [0, 0.05) is 7.05 Å². The van der Waals surface area contributed by atoms with Gasteiger partial charge < -0.3 is 9.67 Å². The summed E-state index contributed by atoms with van der Waals surface area (Å²) in [6.45, 7) is 7.83. The Morgan fingerprint density at radius 3 is 2.60 bits per heavy atom. The largest absolute Gasteiger partial charge is 0.480 e. The molecule has 0 bridgehead atoms. The summed E-state index contributed by atoms with van der Waals surface area (Å²) in [5, 5.41) is 9.64. The number of carboxylic acid groups (broad SMARTS) is 1. The number of aryl methyl sites for hydroxylation is 2. The standard InChI is InChI=1S/C15H20N2O2S/c1-9-6-7-11-10(8-9)16-14(17(11)5)20-12(13(18)19)15(2,3)4/h6-8,12H,1-5H3,(H,18,19). The molecule has 2 rings (SSSR count). The van der Waals surface area contributed by atoms with Gasteiger partial charge in [-0.15, -0.1) is 0 Å². The topological polar surface area (TPSA) is 55.1 Å². The highest BCUT2D eigenvalue weighted by atomic mass is 32.2. The fraction of sp³-hybridized carbons (Fsp3) is 0.467. The summed E-state index contributed by atoms with van der Waals surface area (Å²) in [4.78, 5) is 16.0. The molecule has 1 heterocycles. The smallest absolute Gasteiger partial charge is 0.317 e. The lowest BCUT2D eigenvalue weighted by atomic mass is 9.92. The molecule has 1 aromatic heterocycles. The third-order valence-electron chi connectivity index (χ3n) is 3.23. The maximum Gasteiger partial charge on any atom is 0.317 e. The Morgan fingerprint density at radius 2 is 2.05 bits per heavy atom. The molecular formula is C15H20N2O2S. The van der Waals surface area contributed by atoms with Crippen LogP contribution in [-0.4, -0.2) is 25.9 Å². The zero-order valence-corrected chi connectivity index (χ0v) is 13.3. The normalized spacial score (nSPS) is 13.7. The Labute approximate surface area is 123 Å². The van der Waals surface area contributed by atoms with Crippen LogP contribution in [0.15, 0.2) is 23.4 Å². The summed E-state index contributed by atoms with van der Waals surface area (Å²) in [5.41, 5.74) is 2.76. The third-order valence-corrected chi connectivity index (χ3v) is 4.95. The van der Waals surface area contributed by atoms with E-state index in [4.69, 9.17) is 0 Å². The van der Waals surface area contributed by atoms with Crippen molar-refractivity contribution in [2.75, 3.05) is 0 Å². The third kappa shape index (κ3) is 2.82. The monoisotopic (exact) mass is 292 g/mol. The fourth-order valence-corrected chi connectivity index (χ4v) is 3.17. The predicted octanol–water partition coefficient (Wildman–Crippen LogP) is 3.47. The van der Waals surface area contributed by atoms with E-state index in [9.17, 15) is 9.90 Å². The Balaban J connectivity index is 2.43.